The number of phosphoric acid groups is 2. The molecule has 576 valence electrons. The number of hydrogen-bond donors (Lipinski definition) is 3. The van der Waals surface area contributed by atoms with Crippen molar-refractivity contribution in [3.8, 4) is 0 Å². The van der Waals surface area contributed by atoms with E-state index in [4.69, 9.17) is 37.0 Å². The van der Waals surface area contributed by atoms with E-state index in [0.717, 1.165) is 108 Å². The molecule has 0 amide bonds. The van der Waals surface area contributed by atoms with Crippen LogP contribution in [0.2, 0.25) is 0 Å². The van der Waals surface area contributed by atoms with E-state index in [9.17, 15) is 43.2 Å². The third-order valence-corrected chi connectivity index (χ3v) is 20.3. The fourth-order valence-corrected chi connectivity index (χ4v) is 13.5. The second-order valence-electron chi connectivity index (χ2n) is 29.8. The van der Waals surface area contributed by atoms with Gasteiger partial charge in [-0.25, -0.2) is 9.13 Å². The topological polar surface area (TPSA) is 237 Å². The van der Waals surface area contributed by atoms with E-state index in [0.29, 0.717) is 31.6 Å². The van der Waals surface area contributed by atoms with E-state index in [1.54, 1.807) is 0 Å². The summed E-state index contributed by atoms with van der Waals surface area (Å²) in [7, 11) is -9.91. The highest BCUT2D eigenvalue weighted by molar-refractivity contribution is 7.47. The van der Waals surface area contributed by atoms with Gasteiger partial charge in [0.05, 0.1) is 26.4 Å². The first-order valence-electron chi connectivity index (χ1n) is 40.2. The van der Waals surface area contributed by atoms with Crippen LogP contribution in [0.25, 0.3) is 0 Å². The van der Waals surface area contributed by atoms with E-state index >= 15 is 0 Å². The Kier molecular flexibility index (Phi) is 65.9. The summed E-state index contributed by atoms with van der Waals surface area (Å²) in [6, 6.07) is 0. The third-order valence-electron chi connectivity index (χ3n) is 18.4. The van der Waals surface area contributed by atoms with E-state index in [2.05, 4.69) is 55.4 Å². The molecule has 19 heteroatoms. The molecule has 0 aromatic carbocycles. The van der Waals surface area contributed by atoms with Gasteiger partial charge in [0.25, 0.3) is 0 Å². The maximum Gasteiger partial charge on any atom is 0.472 e. The molecule has 17 nitrogen and oxygen atoms in total. The molecule has 0 aromatic rings. The number of aliphatic hydroxyl groups excluding tert-OH is 1. The van der Waals surface area contributed by atoms with Crippen LogP contribution in [0.4, 0.5) is 0 Å². The molecule has 3 N–H and O–H groups in total. The maximum absolute atomic E-state index is 13.1. The molecule has 0 radical (unpaired) electrons. The molecular formula is C78H152O17P2. The van der Waals surface area contributed by atoms with Gasteiger partial charge in [-0.1, -0.05) is 344 Å². The minimum atomic E-state index is -4.96. The summed E-state index contributed by atoms with van der Waals surface area (Å²) < 4.78 is 68.5. The Morgan fingerprint density at radius 2 is 0.495 bits per heavy atom. The van der Waals surface area contributed by atoms with E-state index in [1.807, 2.05) is 0 Å². The first kappa shape index (κ1) is 95.1. The second-order valence-corrected chi connectivity index (χ2v) is 32.7. The van der Waals surface area contributed by atoms with Crippen LogP contribution in [0, 0.1) is 23.7 Å². The zero-order valence-electron chi connectivity index (χ0n) is 63.7. The molecule has 0 heterocycles. The van der Waals surface area contributed by atoms with Crippen molar-refractivity contribution in [3.63, 3.8) is 0 Å². The fraction of sp³-hybridized carbons (Fsp3) is 0.949. The number of hydrogen-bond acceptors (Lipinski definition) is 15. The molecule has 0 aliphatic heterocycles. The van der Waals surface area contributed by atoms with Crippen molar-refractivity contribution in [2.45, 2.75) is 414 Å². The first-order valence-corrected chi connectivity index (χ1v) is 43.2. The van der Waals surface area contributed by atoms with Crippen LogP contribution in [0.3, 0.4) is 0 Å². The molecule has 97 heavy (non-hydrogen) atoms. The highest BCUT2D eigenvalue weighted by Gasteiger charge is 2.30. The molecule has 0 saturated carbocycles. The summed E-state index contributed by atoms with van der Waals surface area (Å²) in [5.74, 6) is 0.939. The number of ether oxygens (including phenoxy) is 4. The highest BCUT2D eigenvalue weighted by atomic mass is 31.2. The number of carbonyl (C=O) groups excluding carboxylic acids is 4. The fourth-order valence-electron chi connectivity index (χ4n) is 11.9. The number of aliphatic hydroxyl groups is 1. The summed E-state index contributed by atoms with van der Waals surface area (Å²) in [6.07, 6.45) is 53.0. The van der Waals surface area contributed by atoms with Gasteiger partial charge in [-0.2, -0.15) is 0 Å². The predicted molar refractivity (Wildman–Crippen MR) is 395 cm³/mol. The summed E-state index contributed by atoms with van der Waals surface area (Å²) in [5.41, 5.74) is 0. The van der Waals surface area contributed by atoms with Crippen molar-refractivity contribution < 1.29 is 80.2 Å². The molecule has 4 unspecified atom stereocenters. The van der Waals surface area contributed by atoms with Gasteiger partial charge >= 0.3 is 39.5 Å². The quantitative estimate of drug-likeness (QED) is 0.0222. The van der Waals surface area contributed by atoms with Crippen molar-refractivity contribution in [2.75, 3.05) is 39.6 Å². The van der Waals surface area contributed by atoms with Gasteiger partial charge in [-0.05, 0) is 49.4 Å². The van der Waals surface area contributed by atoms with Gasteiger partial charge in [0.15, 0.2) is 12.2 Å². The Balaban J connectivity index is 5.17. The zero-order valence-corrected chi connectivity index (χ0v) is 65.5. The molecule has 0 aliphatic carbocycles. The lowest BCUT2D eigenvalue weighted by Gasteiger charge is -2.21. The summed E-state index contributed by atoms with van der Waals surface area (Å²) in [6.45, 7) is 14.2. The van der Waals surface area contributed by atoms with Crippen LogP contribution in [-0.2, 0) is 65.4 Å². The third kappa shape index (κ3) is 70.9. The lowest BCUT2D eigenvalue weighted by atomic mass is 9.99. The number of phosphoric ester groups is 2. The monoisotopic (exact) mass is 1420 g/mol. The minimum absolute atomic E-state index is 0.103. The first-order chi connectivity index (χ1) is 46.6. The van der Waals surface area contributed by atoms with Crippen molar-refractivity contribution in [1.29, 1.82) is 0 Å². The maximum atomic E-state index is 13.1. The molecule has 0 saturated heterocycles. The average molecular weight is 1420 g/mol. The molecule has 0 bridgehead atoms. The van der Waals surface area contributed by atoms with Crippen LogP contribution in [0.5, 0.6) is 0 Å². The van der Waals surface area contributed by atoms with Crippen LogP contribution >= 0.6 is 15.6 Å². The van der Waals surface area contributed by atoms with Gasteiger partial charge in [-0.3, -0.25) is 37.3 Å². The van der Waals surface area contributed by atoms with E-state index in [1.165, 1.54) is 199 Å². The van der Waals surface area contributed by atoms with Crippen molar-refractivity contribution in [2.24, 2.45) is 23.7 Å². The molecular weight excluding hydrogens is 1270 g/mol. The Bertz CT molecular complexity index is 1900. The standard InChI is InChI=1S/C78H152O17P2/c1-9-71(8)57-49-41-33-24-20-16-14-12-10-11-13-15-17-21-25-34-42-50-58-75(80)88-64-73(94-77(82)60-52-44-36-26-22-18-19-23-30-38-46-54-68(2)3)66-92-96(84,85)90-62-72(79)63-91-97(86,87)93-67-74(95-78(83)61-53-45-37-29-32-40-48-56-70(6)7)65-89-76(81)59-51-43-35-28-27-31-39-47-55-69(4)5/h68-74,79H,9-67H2,1-8H3,(H,84,85)(H,86,87)/t71?,72?,73-,74-/m1/s1. The number of unbranched alkanes of at least 4 members (excludes halogenated alkanes) is 40. The second kappa shape index (κ2) is 67.2. The normalized spacial score (nSPS) is 14.4. The van der Waals surface area contributed by atoms with E-state index in [-0.39, 0.29) is 25.7 Å². The highest BCUT2D eigenvalue weighted by Crippen LogP contribution is 2.45. The largest absolute Gasteiger partial charge is 0.472 e. The Labute approximate surface area is 594 Å². The van der Waals surface area contributed by atoms with Gasteiger partial charge in [0.1, 0.15) is 19.3 Å². The Hall–Kier alpha value is -1.94. The molecule has 0 fully saturated rings. The van der Waals surface area contributed by atoms with Gasteiger partial charge in [-0.15, -0.1) is 0 Å². The number of rotatable bonds is 75. The molecule has 0 aliphatic rings. The van der Waals surface area contributed by atoms with Crippen LogP contribution in [0.15, 0.2) is 0 Å². The Morgan fingerprint density at radius 1 is 0.289 bits per heavy atom. The smallest absolute Gasteiger partial charge is 0.462 e. The van der Waals surface area contributed by atoms with Gasteiger partial charge in [0, 0.05) is 25.7 Å². The van der Waals surface area contributed by atoms with Crippen LogP contribution in [-0.4, -0.2) is 96.7 Å². The lowest BCUT2D eigenvalue weighted by Crippen LogP contribution is -2.30. The Morgan fingerprint density at radius 3 is 0.732 bits per heavy atom. The predicted octanol–water partition coefficient (Wildman–Crippen LogP) is 22.8. The van der Waals surface area contributed by atoms with Gasteiger partial charge < -0.3 is 33.8 Å². The zero-order chi connectivity index (χ0) is 71.7. The van der Waals surface area contributed by atoms with Gasteiger partial charge in [0.2, 0.25) is 0 Å². The lowest BCUT2D eigenvalue weighted by molar-refractivity contribution is -0.161. The summed E-state index contributed by atoms with van der Waals surface area (Å²) in [4.78, 5) is 72.8. The van der Waals surface area contributed by atoms with Crippen molar-refractivity contribution in [1.82, 2.24) is 0 Å². The van der Waals surface area contributed by atoms with Crippen LogP contribution < -0.4 is 0 Å². The van der Waals surface area contributed by atoms with Crippen molar-refractivity contribution in [3.05, 3.63) is 0 Å². The SMILES string of the molecule is CCC(C)CCCCCCCCCCCCCCCCCCCCC(=O)OC[C@H](COP(=O)(O)OCC(O)COP(=O)(O)OC[C@@H](COC(=O)CCCCCCCCCCC(C)C)OC(=O)CCCCCCCCCC(C)C)OC(=O)CCCCCCCCCCCCCC(C)C. The van der Waals surface area contributed by atoms with Crippen molar-refractivity contribution >= 4 is 39.5 Å². The number of esters is 4. The molecule has 0 rings (SSSR count). The molecule has 0 spiro atoms. The van der Waals surface area contributed by atoms with Crippen LogP contribution in [0.1, 0.15) is 396 Å². The summed E-state index contributed by atoms with van der Waals surface area (Å²) >= 11 is 0. The minimum Gasteiger partial charge on any atom is -0.462 e. The van der Waals surface area contributed by atoms with E-state index < -0.39 is 97.5 Å². The molecule has 6 atom stereocenters. The number of carbonyl (C=O) groups is 4. The average Bonchev–Trinajstić information content (AvgIpc) is 1.30. The molecule has 0 aromatic heterocycles. The summed E-state index contributed by atoms with van der Waals surface area (Å²) in [5, 5.41) is 10.6.